The van der Waals surface area contributed by atoms with Gasteiger partial charge in [-0.3, -0.25) is 4.79 Å². The first-order chi connectivity index (χ1) is 12.4. The average molecular weight is 391 g/mol. The molecule has 1 N–H and O–H groups in total. The Labute approximate surface area is 160 Å². The van der Waals surface area contributed by atoms with E-state index in [0.717, 1.165) is 5.56 Å². The summed E-state index contributed by atoms with van der Waals surface area (Å²) in [6.07, 6.45) is 4.53. The highest BCUT2D eigenvalue weighted by atomic mass is 32.2. The molecule has 0 aromatic heterocycles. The van der Waals surface area contributed by atoms with E-state index in [0.29, 0.717) is 0 Å². The van der Waals surface area contributed by atoms with Crippen molar-refractivity contribution < 1.29 is 22.7 Å². The van der Waals surface area contributed by atoms with Gasteiger partial charge in [0.05, 0.1) is 15.7 Å². The highest BCUT2D eigenvalue weighted by Crippen LogP contribution is 2.29. The maximum atomic E-state index is 13.2. The predicted octanol–water partition coefficient (Wildman–Crippen LogP) is 3.12. The molecule has 0 saturated carbocycles. The lowest BCUT2D eigenvalue weighted by molar-refractivity contribution is -0.110. The minimum atomic E-state index is -3.80. The van der Waals surface area contributed by atoms with Crippen molar-refractivity contribution in [2.24, 2.45) is 0 Å². The Morgan fingerprint density at radius 2 is 1.63 bits per heavy atom. The second kappa shape index (κ2) is 7.31. The Morgan fingerprint density at radius 3 is 2.11 bits per heavy atom. The molecule has 6 nitrogen and oxygen atoms in total. The first kappa shape index (κ1) is 20.9. The van der Waals surface area contributed by atoms with Gasteiger partial charge in [0.15, 0.2) is 15.6 Å². The predicted molar refractivity (Wildman–Crippen MR) is 103 cm³/mol. The van der Waals surface area contributed by atoms with Crippen molar-refractivity contribution >= 4 is 21.7 Å². The zero-order chi connectivity index (χ0) is 20.5. The molecule has 0 radical (unpaired) electrons. The fraction of sp³-hybridized carbons (Fsp3) is 0.400. The zero-order valence-electron chi connectivity index (χ0n) is 16.1. The van der Waals surface area contributed by atoms with E-state index in [1.807, 2.05) is 6.92 Å². The van der Waals surface area contributed by atoms with Crippen LogP contribution < -0.4 is 5.32 Å². The van der Waals surface area contributed by atoms with Gasteiger partial charge in [0.25, 0.3) is 0 Å². The van der Waals surface area contributed by atoms with Crippen LogP contribution in [-0.4, -0.2) is 36.7 Å². The Morgan fingerprint density at radius 1 is 1.11 bits per heavy atom. The van der Waals surface area contributed by atoms with Crippen molar-refractivity contribution in [3.63, 3.8) is 0 Å². The molecular formula is C20H25NO5S. The van der Waals surface area contributed by atoms with Crippen molar-refractivity contribution in [1.82, 2.24) is 5.32 Å². The molecule has 1 aromatic carbocycles. The number of benzene rings is 1. The van der Waals surface area contributed by atoms with Crippen molar-refractivity contribution in [3.8, 4) is 0 Å². The van der Waals surface area contributed by atoms with Gasteiger partial charge in [-0.1, -0.05) is 17.7 Å². The molecule has 2 rings (SSSR count). The number of hydrogen-bond donors (Lipinski definition) is 1. The highest BCUT2D eigenvalue weighted by molar-refractivity contribution is 7.92. The van der Waals surface area contributed by atoms with Crippen molar-refractivity contribution in [1.29, 1.82) is 0 Å². The third-order valence-corrected chi connectivity index (χ3v) is 6.50. The molecule has 0 fully saturated rings. The van der Waals surface area contributed by atoms with Crippen LogP contribution in [0.5, 0.6) is 0 Å². The smallest absolute Gasteiger partial charge is 0.408 e. The number of carbonyl (C=O) groups excluding carboxylic acids is 2. The van der Waals surface area contributed by atoms with Gasteiger partial charge in [-0.05, 0) is 71.1 Å². The normalized spacial score (nSPS) is 17.4. The maximum absolute atomic E-state index is 13.2. The van der Waals surface area contributed by atoms with E-state index in [2.05, 4.69) is 5.32 Å². The standard InChI is InChI=1S/C20H25NO5S/c1-14-6-8-17(9-7-14)27(24,25)15(2)20(12-10-16(22)11-13-20)21-18(23)26-19(3,4)5/h6-13,15H,1-5H3,(H,21,23). The minimum absolute atomic E-state index is 0.143. The monoisotopic (exact) mass is 391 g/mol. The van der Waals surface area contributed by atoms with Crippen LogP contribution in [0.1, 0.15) is 33.3 Å². The first-order valence-electron chi connectivity index (χ1n) is 8.60. The number of aryl methyl sites for hydroxylation is 1. The molecule has 0 spiro atoms. The van der Waals surface area contributed by atoms with E-state index >= 15 is 0 Å². The fourth-order valence-corrected chi connectivity index (χ4v) is 4.33. The largest absolute Gasteiger partial charge is 0.444 e. The van der Waals surface area contributed by atoms with Crippen LogP contribution in [0.25, 0.3) is 0 Å². The summed E-state index contributed by atoms with van der Waals surface area (Å²) >= 11 is 0. The number of allylic oxidation sites excluding steroid dienone is 2. The Hall–Kier alpha value is -2.41. The first-order valence-corrected chi connectivity index (χ1v) is 10.1. The third kappa shape index (κ3) is 4.86. The molecule has 0 heterocycles. The van der Waals surface area contributed by atoms with Gasteiger partial charge in [-0.2, -0.15) is 0 Å². The van der Waals surface area contributed by atoms with E-state index in [1.165, 1.54) is 43.4 Å². The molecule has 1 unspecified atom stereocenters. The topological polar surface area (TPSA) is 89.5 Å². The van der Waals surface area contributed by atoms with Gasteiger partial charge in [-0.15, -0.1) is 0 Å². The molecule has 7 heteroatoms. The quantitative estimate of drug-likeness (QED) is 0.852. The minimum Gasteiger partial charge on any atom is -0.444 e. The molecule has 1 amide bonds. The Kier molecular flexibility index (Phi) is 5.65. The van der Waals surface area contributed by atoms with E-state index < -0.39 is 32.3 Å². The van der Waals surface area contributed by atoms with Gasteiger partial charge in [0.1, 0.15) is 5.60 Å². The molecule has 1 atom stereocenters. The summed E-state index contributed by atoms with van der Waals surface area (Å²) in [4.78, 5) is 24.1. The summed E-state index contributed by atoms with van der Waals surface area (Å²) in [5.41, 5.74) is -1.21. The molecule has 146 valence electrons. The second-order valence-corrected chi connectivity index (χ2v) is 9.90. The van der Waals surface area contributed by atoms with Crippen LogP contribution in [0.4, 0.5) is 4.79 Å². The SMILES string of the molecule is Cc1ccc(S(=O)(=O)C(C)C2(NC(=O)OC(C)(C)C)C=CC(=O)C=C2)cc1. The van der Waals surface area contributed by atoms with Crippen molar-refractivity contribution in [3.05, 3.63) is 54.1 Å². The van der Waals surface area contributed by atoms with Crippen LogP contribution in [0.15, 0.2) is 53.5 Å². The number of alkyl carbamates (subject to hydrolysis) is 1. The Balaban J connectivity index is 2.43. The van der Waals surface area contributed by atoms with Gasteiger partial charge in [0.2, 0.25) is 0 Å². The van der Waals surface area contributed by atoms with E-state index in [9.17, 15) is 18.0 Å². The molecule has 0 aliphatic heterocycles. The molecule has 0 bridgehead atoms. The van der Waals surface area contributed by atoms with Crippen molar-refractivity contribution in [2.45, 2.75) is 55.9 Å². The van der Waals surface area contributed by atoms with Crippen LogP contribution in [-0.2, 0) is 19.4 Å². The van der Waals surface area contributed by atoms with E-state index in [1.54, 1.807) is 32.9 Å². The van der Waals surface area contributed by atoms with Crippen LogP contribution in [0, 0.1) is 6.92 Å². The number of amides is 1. The summed E-state index contributed by atoms with van der Waals surface area (Å²) in [7, 11) is -3.80. The van der Waals surface area contributed by atoms with Crippen molar-refractivity contribution in [2.75, 3.05) is 0 Å². The van der Waals surface area contributed by atoms with Gasteiger partial charge in [0, 0.05) is 0 Å². The van der Waals surface area contributed by atoms with Gasteiger partial charge in [-0.25, -0.2) is 13.2 Å². The zero-order valence-corrected chi connectivity index (χ0v) is 17.0. The highest BCUT2D eigenvalue weighted by Gasteiger charge is 2.43. The van der Waals surface area contributed by atoms with Gasteiger partial charge < -0.3 is 10.1 Å². The van der Waals surface area contributed by atoms with Crippen LogP contribution in [0.2, 0.25) is 0 Å². The Bertz CT molecular complexity index is 873. The summed E-state index contributed by atoms with van der Waals surface area (Å²) in [5.74, 6) is -0.281. The number of ether oxygens (including phenoxy) is 1. The van der Waals surface area contributed by atoms with Crippen LogP contribution >= 0.6 is 0 Å². The number of ketones is 1. The number of sulfone groups is 1. The summed E-state index contributed by atoms with van der Waals surface area (Å²) < 4.78 is 31.6. The number of rotatable bonds is 4. The number of hydrogen-bond acceptors (Lipinski definition) is 5. The van der Waals surface area contributed by atoms with Gasteiger partial charge >= 0.3 is 6.09 Å². The molecule has 27 heavy (non-hydrogen) atoms. The third-order valence-electron chi connectivity index (χ3n) is 4.25. The average Bonchev–Trinajstić information content (AvgIpc) is 2.55. The lowest BCUT2D eigenvalue weighted by Crippen LogP contribution is -2.57. The lowest BCUT2D eigenvalue weighted by atomic mass is 9.90. The molecular weight excluding hydrogens is 366 g/mol. The number of nitrogens with one attached hydrogen (secondary N) is 1. The molecule has 1 aliphatic carbocycles. The second-order valence-electron chi connectivity index (χ2n) is 7.63. The maximum Gasteiger partial charge on any atom is 0.408 e. The summed E-state index contributed by atoms with van der Waals surface area (Å²) in [6.45, 7) is 8.49. The summed E-state index contributed by atoms with van der Waals surface area (Å²) in [5, 5.41) is 1.56. The van der Waals surface area contributed by atoms with Crippen LogP contribution in [0.3, 0.4) is 0 Å². The summed E-state index contributed by atoms with van der Waals surface area (Å²) in [6, 6.07) is 6.49. The lowest BCUT2D eigenvalue weighted by Gasteiger charge is -2.36. The molecule has 1 aromatic rings. The molecule has 0 saturated heterocycles. The number of carbonyl (C=O) groups is 2. The van der Waals surface area contributed by atoms with E-state index in [4.69, 9.17) is 4.74 Å². The fourth-order valence-electron chi connectivity index (χ4n) is 2.68. The molecule has 1 aliphatic rings. The van der Waals surface area contributed by atoms with E-state index in [-0.39, 0.29) is 10.7 Å².